The molecule has 41 heavy (non-hydrogen) atoms. The number of rotatable bonds is 8. The zero-order valence-corrected chi connectivity index (χ0v) is 24.1. The molecule has 7 nitrogen and oxygen atoms in total. The summed E-state index contributed by atoms with van der Waals surface area (Å²) >= 11 is 6.16. The molecule has 0 radical (unpaired) electrons. The van der Waals surface area contributed by atoms with Crippen molar-refractivity contribution in [2.24, 2.45) is 0 Å². The second-order valence-corrected chi connectivity index (χ2v) is 11.8. The molecule has 0 spiro atoms. The summed E-state index contributed by atoms with van der Waals surface area (Å²) < 4.78 is 14.2. The molecule has 210 valence electrons. The molecule has 0 bridgehead atoms. The van der Waals surface area contributed by atoms with Gasteiger partial charge in [-0.15, -0.1) is 0 Å². The summed E-state index contributed by atoms with van der Waals surface area (Å²) in [6.45, 7) is 7.20. The van der Waals surface area contributed by atoms with E-state index in [1.165, 1.54) is 11.1 Å². The number of likely N-dealkylation sites (tertiary alicyclic amines) is 1. The fraction of sp³-hybridized carbons (Fsp3) is 0.364. The summed E-state index contributed by atoms with van der Waals surface area (Å²) in [5.41, 5.74) is 6.57. The first-order valence-corrected chi connectivity index (χ1v) is 14.9. The number of benzene rings is 2. The fourth-order valence-electron chi connectivity index (χ4n) is 5.95. The molecular formula is C33H34ClN5O2. The topological polar surface area (TPSA) is 65.3 Å². The predicted octanol–water partition coefficient (Wildman–Crippen LogP) is 6.69. The van der Waals surface area contributed by atoms with Crippen LogP contribution in [0.5, 0.6) is 5.88 Å². The molecule has 2 aromatic carbocycles. The third kappa shape index (κ3) is 5.80. The molecule has 0 amide bonds. The van der Waals surface area contributed by atoms with Crippen molar-refractivity contribution in [1.29, 1.82) is 0 Å². The Kier molecular flexibility index (Phi) is 7.33. The number of fused-ring (bicyclic) bond motifs is 2. The molecule has 2 saturated heterocycles. The van der Waals surface area contributed by atoms with Crippen molar-refractivity contribution in [3.8, 4) is 5.88 Å². The quantitative estimate of drug-likeness (QED) is 0.208. The standard InChI is InChI=1S/C33H34ClN5O2/c1-22-5-7-30-31(15-22)39(19-27-11-14-40-27)32(36-30)20-38-12-9-24(10-13-38)29-3-2-4-33(37-29)41-21-23-16-25-17-26(34)6-8-28(25)35-18-23/h2-8,15-18,24,27H,9-14,19-21H2,1H3. The number of pyridine rings is 2. The average molecular weight is 568 g/mol. The van der Waals surface area contributed by atoms with Gasteiger partial charge in [0, 0.05) is 46.5 Å². The van der Waals surface area contributed by atoms with E-state index in [4.69, 9.17) is 31.0 Å². The highest BCUT2D eigenvalue weighted by atomic mass is 35.5. The van der Waals surface area contributed by atoms with E-state index in [-0.39, 0.29) is 0 Å². The van der Waals surface area contributed by atoms with Crippen LogP contribution in [0.1, 0.15) is 47.8 Å². The summed E-state index contributed by atoms with van der Waals surface area (Å²) in [6.07, 6.45) is 5.41. The van der Waals surface area contributed by atoms with Crippen LogP contribution >= 0.6 is 11.6 Å². The van der Waals surface area contributed by atoms with Gasteiger partial charge in [0.15, 0.2) is 0 Å². The van der Waals surface area contributed by atoms with E-state index in [2.05, 4.69) is 57.8 Å². The highest BCUT2D eigenvalue weighted by Gasteiger charge is 2.26. The molecule has 7 rings (SSSR count). The molecule has 0 saturated carbocycles. The van der Waals surface area contributed by atoms with E-state index in [0.29, 0.717) is 29.5 Å². The molecule has 0 N–H and O–H groups in total. The van der Waals surface area contributed by atoms with Crippen LogP contribution in [0.3, 0.4) is 0 Å². The summed E-state index contributed by atoms with van der Waals surface area (Å²) in [7, 11) is 0. The Morgan fingerprint density at radius 1 is 0.976 bits per heavy atom. The largest absolute Gasteiger partial charge is 0.473 e. The van der Waals surface area contributed by atoms with Crippen molar-refractivity contribution in [3.05, 3.63) is 94.5 Å². The van der Waals surface area contributed by atoms with Crippen LogP contribution < -0.4 is 4.74 Å². The third-order valence-corrected chi connectivity index (χ3v) is 8.60. The van der Waals surface area contributed by atoms with E-state index in [1.54, 1.807) is 0 Å². The molecule has 0 aliphatic carbocycles. The van der Waals surface area contributed by atoms with Gasteiger partial charge in [0.2, 0.25) is 5.88 Å². The maximum atomic E-state index is 6.16. The smallest absolute Gasteiger partial charge is 0.213 e. The third-order valence-electron chi connectivity index (χ3n) is 8.36. The summed E-state index contributed by atoms with van der Waals surface area (Å²) in [5, 5.41) is 1.71. The normalized spacial score (nSPS) is 18.1. The molecular weight excluding hydrogens is 534 g/mol. The molecule has 1 unspecified atom stereocenters. The molecule has 2 fully saturated rings. The number of hydrogen-bond acceptors (Lipinski definition) is 6. The molecule has 3 aromatic heterocycles. The van der Waals surface area contributed by atoms with Crippen LogP contribution in [0.25, 0.3) is 21.9 Å². The van der Waals surface area contributed by atoms with Gasteiger partial charge in [-0.1, -0.05) is 23.7 Å². The van der Waals surface area contributed by atoms with Crippen molar-refractivity contribution in [2.45, 2.75) is 57.9 Å². The highest BCUT2D eigenvalue weighted by molar-refractivity contribution is 6.31. The van der Waals surface area contributed by atoms with Crippen LogP contribution in [0.2, 0.25) is 5.02 Å². The Labute approximate surface area is 245 Å². The zero-order chi connectivity index (χ0) is 27.8. The van der Waals surface area contributed by atoms with Crippen LogP contribution in [0.4, 0.5) is 0 Å². The lowest BCUT2D eigenvalue weighted by atomic mass is 9.93. The molecule has 2 aliphatic rings. The van der Waals surface area contributed by atoms with E-state index in [9.17, 15) is 0 Å². The van der Waals surface area contributed by atoms with Crippen molar-refractivity contribution in [1.82, 2.24) is 24.4 Å². The summed E-state index contributed by atoms with van der Waals surface area (Å²) in [6, 6.07) is 20.4. The maximum absolute atomic E-state index is 6.16. The lowest BCUT2D eigenvalue weighted by molar-refractivity contribution is -0.0592. The van der Waals surface area contributed by atoms with Crippen LogP contribution in [0.15, 0.2) is 66.9 Å². The van der Waals surface area contributed by atoms with Crippen molar-refractivity contribution in [2.75, 3.05) is 19.7 Å². The van der Waals surface area contributed by atoms with Gasteiger partial charge in [-0.3, -0.25) is 9.88 Å². The Bertz CT molecular complexity index is 1690. The van der Waals surface area contributed by atoms with Crippen LogP contribution in [-0.2, 0) is 24.4 Å². The first-order chi connectivity index (χ1) is 20.1. The van der Waals surface area contributed by atoms with Crippen LogP contribution in [-0.4, -0.2) is 50.2 Å². The van der Waals surface area contributed by atoms with Gasteiger partial charge in [-0.05, 0) is 87.3 Å². The van der Waals surface area contributed by atoms with Gasteiger partial charge in [-0.2, -0.15) is 0 Å². The number of aryl methyl sites for hydroxylation is 1. The van der Waals surface area contributed by atoms with Gasteiger partial charge in [-0.25, -0.2) is 9.97 Å². The van der Waals surface area contributed by atoms with E-state index in [1.807, 2.05) is 30.5 Å². The molecule has 5 aromatic rings. The zero-order valence-electron chi connectivity index (χ0n) is 23.3. The SMILES string of the molecule is Cc1ccc2nc(CN3CCC(c4cccc(OCc5cnc6ccc(Cl)cc6c5)n4)CC3)n(CC3CCO3)c2c1. The van der Waals surface area contributed by atoms with Crippen molar-refractivity contribution >= 4 is 33.5 Å². The number of imidazole rings is 1. The van der Waals surface area contributed by atoms with E-state index >= 15 is 0 Å². The number of piperidine rings is 1. The summed E-state index contributed by atoms with van der Waals surface area (Å²) in [4.78, 5) is 17.0. The second kappa shape index (κ2) is 11.4. The van der Waals surface area contributed by atoms with Gasteiger partial charge in [0.25, 0.3) is 0 Å². The number of nitrogens with zero attached hydrogens (tertiary/aromatic N) is 5. The number of hydrogen-bond donors (Lipinski definition) is 0. The van der Waals surface area contributed by atoms with Gasteiger partial charge < -0.3 is 14.0 Å². The fourth-order valence-corrected chi connectivity index (χ4v) is 6.13. The predicted molar refractivity (Wildman–Crippen MR) is 161 cm³/mol. The highest BCUT2D eigenvalue weighted by Crippen LogP contribution is 2.30. The van der Waals surface area contributed by atoms with E-state index in [0.717, 1.165) is 85.5 Å². The minimum absolute atomic E-state index is 0.300. The molecule has 2 aliphatic heterocycles. The minimum Gasteiger partial charge on any atom is -0.473 e. The first-order valence-electron chi connectivity index (χ1n) is 14.5. The first kappa shape index (κ1) is 26.4. The molecule has 5 heterocycles. The van der Waals surface area contributed by atoms with Gasteiger partial charge >= 0.3 is 0 Å². The van der Waals surface area contributed by atoms with Crippen LogP contribution in [0, 0.1) is 6.92 Å². The molecule has 8 heteroatoms. The lowest BCUT2D eigenvalue weighted by Gasteiger charge is -2.32. The Hall–Kier alpha value is -3.52. The number of aromatic nitrogens is 4. The number of ether oxygens (including phenoxy) is 2. The average Bonchev–Trinajstić information content (AvgIpc) is 3.29. The molecule has 1 atom stereocenters. The van der Waals surface area contributed by atoms with Crippen molar-refractivity contribution < 1.29 is 9.47 Å². The maximum Gasteiger partial charge on any atom is 0.213 e. The monoisotopic (exact) mass is 567 g/mol. The van der Waals surface area contributed by atoms with Gasteiger partial charge in [0.1, 0.15) is 12.4 Å². The summed E-state index contributed by atoms with van der Waals surface area (Å²) in [5.74, 6) is 2.21. The Balaban J connectivity index is 0.988. The Morgan fingerprint density at radius 2 is 1.83 bits per heavy atom. The number of halogens is 1. The second-order valence-electron chi connectivity index (χ2n) is 11.3. The van der Waals surface area contributed by atoms with Gasteiger partial charge in [0.05, 0.1) is 35.7 Å². The Morgan fingerprint density at radius 3 is 2.66 bits per heavy atom. The van der Waals surface area contributed by atoms with Crippen molar-refractivity contribution in [3.63, 3.8) is 0 Å². The van der Waals surface area contributed by atoms with E-state index < -0.39 is 0 Å². The minimum atomic E-state index is 0.300. The lowest BCUT2D eigenvalue weighted by Crippen LogP contribution is -2.35.